The summed E-state index contributed by atoms with van der Waals surface area (Å²) in [5.41, 5.74) is 12.3. The number of carbonyl (C=O) groups excluding carboxylic acids is 2. The fraction of sp³-hybridized carbons (Fsp3) is 0.323. The highest BCUT2D eigenvalue weighted by Crippen LogP contribution is 2.25. The van der Waals surface area contributed by atoms with Crippen LogP contribution in [-0.2, 0) is 37.7 Å². The molecule has 2 amide bonds. The second-order valence-corrected chi connectivity index (χ2v) is 11.2. The number of hydrogen-bond donors (Lipinski definition) is 2. The van der Waals surface area contributed by atoms with Gasteiger partial charge in [-0.2, -0.15) is 0 Å². The molecule has 42 heavy (non-hydrogen) atoms. The quantitative estimate of drug-likeness (QED) is 0.173. The van der Waals surface area contributed by atoms with Crippen LogP contribution in [0.25, 0.3) is 11.0 Å². The minimum Gasteiger partial charge on any atom is -0.493 e. The molecule has 1 fully saturated rings. The molecule has 11 heteroatoms. The smallest absolute Gasteiger partial charge is 0.286 e. The molecule has 5 rings (SSSR count). The molecule has 3 aromatic carbocycles. The van der Waals surface area contributed by atoms with E-state index in [1.165, 1.54) is 11.1 Å². The zero-order valence-electron chi connectivity index (χ0n) is 23.6. The van der Waals surface area contributed by atoms with Gasteiger partial charge in [-0.05, 0) is 66.3 Å². The van der Waals surface area contributed by atoms with E-state index in [1.54, 1.807) is 0 Å². The molecular weight excluding hydrogens is 595 g/mol. The lowest BCUT2D eigenvalue weighted by Crippen LogP contribution is -2.25. The first kappa shape index (κ1) is 33.1. The maximum Gasteiger partial charge on any atom is 0.286 e. The normalized spacial score (nSPS) is 14.3. The Bertz CT molecular complexity index is 1530. The zero-order chi connectivity index (χ0) is 28.1. The Labute approximate surface area is 262 Å². The maximum absolute atomic E-state index is 11.8. The van der Waals surface area contributed by atoms with Gasteiger partial charge in [-0.3, -0.25) is 14.9 Å². The topological polar surface area (TPSA) is 108 Å². The van der Waals surface area contributed by atoms with Crippen molar-refractivity contribution >= 4 is 64.4 Å². The van der Waals surface area contributed by atoms with Gasteiger partial charge in [0.2, 0.25) is 5.91 Å². The van der Waals surface area contributed by atoms with Crippen LogP contribution in [0.1, 0.15) is 42.3 Å². The lowest BCUT2D eigenvalue weighted by atomic mass is 10.0. The van der Waals surface area contributed by atoms with Gasteiger partial charge in [0.05, 0.1) is 22.9 Å². The van der Waals surface area contributed by atoms with Crippen LogP contribution in [0.15, 0.2) is 60.7 Å². The highest BCUT2D eigenvalue weighted by Gasteiger charge is 2.31. The van der Waals surface area contributed by atoms with E-state index in [1.807, 2.05) is 54.1 Å². The second-order valence-electron chi connectivity index (χ2n) is 9.99. The van der Waals surface area contributed by atoms with E-state index in [-0.39, 0.29) is 41.2 Å². The second kappa shape index (κ2) is 15.2. The summed E-state index contributed by atoms with van der Waals surface area (Å²) < 4.78 is 14.1. The lowest BCUT2D eigenvalue weighted by molar-refractivity contribution is -0.118. The largest absolute Gasteiger partial charge is 0.493 e. The number of imide groups is 1. The summed E-state index contributed by atoms with van der Waals surface area (Å²) in [7, 11) is 1.97. The molecule has 0 bridgehead atoms. The molecule has 1 aromatic heterocycles. The van der Waals surface area contributed by atoms with Crippen LogP contribution < -0.4 is 20.5 Å². The molecule has 0 spiro atoms. The Morgan fingerprint density at radius 3 is 2.38 bits per heavy atom. The van der Waals surface area contributed by atoms with Crippen molar-refractivity contribution in [1.82, 2.24) is 14.9 Å². The molecule has 0 radical (unpaired) electrons. The third-order valence-electron chi connectivity index (χ3n) is 7.09. The van der Waals surface area contributed by atoms with E-state index in [9.17, 15) is 9.59 Å². The number of nitrogen functional groups attached to an aromatic ring is 1. The van der Waals surface area contributed by atoms with Crippen LogP contribution in [0, 0.1) is 0 Å². The molecule has 8 nitrogen and oxygen atoms in total. The van der Waals surface area contributed by atoms with Gasteiger partial charge in [-0.25, -0.2) is 4.98 Å². The van der Waals surface area contributed by atoms with Crippen molar-refractivity contribution in [3.8, 4) is 11.5 Å². The molecule has 3 N–H and O–H groups in total. The summed E-state index contributed by atoms with van der Waals surface area (Å²) in [5.74, 6) is 2.07. The van der Waals surface area contributed by atoms with Crippen molar-refractivity contribution in [2.24, 2.45) is 7.05 Å². The number of halogens is 2. The number of ether oxygens (including phenoxy) is 2. The number of imidazole rings is 1. The van der Waals surface area contributed by atoms with Gasteiger partial charge in [-0.1, -0.05) is 49.4 Å². The fourth-order valence-corrected chi connectivity index (χ4v) is 5.59. The SMILES string of the molecule is CCCCc1ccc(CCOc2ccc3nc(COc4ccc(CC5SC(=O)NC5=O)cc4)n(C)c3c2)cc1N.Cl.Cl. The number of thioether (sulfide) groups is 1. The van der Waals surface area contributed by atoms with Gasteiger partial charge in [0.1, 0.15) is 23.9 Å². The van der Waals surface area contributed by atoms with E-state index >= 15 is 0 Å². The first-order chi connectivity index (χ1) is 19.4. The van der Waals surface area contributed by atoms with Gasteiger partial charge in [-0.15, -0.1) is 24.8 Å². The third kappa shape index (κ3) is 8.12. The Hall–Kier alpha value is -3.40. The summed E-state index contributed by atoms with van der Waals surface area (Å²) in [4.78, 5) is 27.9. The van der Waals surface area contributed by atoms with Crippen molar-refractivity contribution in [2.45, 2.75) is 50.9 Å². The van der Waals surface area contributed by atoms with E-state index in [4.69, 9.17) is 20.2 Å². The average Bonchev–Trinajstić information content (AvgIpc) is 3.44. The molecule has 1 unspecified atom stereocenters. The van der Waals surface area contributed by atoms with Crippen LogP contribution >= 0.6 is 36.6 Å². The molecule has 1 aliphatic heterocycles. The number of unbranched alkanes of at least 4 members (excludes halogenated alkanes) is 1. The van der Waals surface area contributed by atoms with Gasteiger partial charge in [0.25, 0.3) is 5.24 Å². The van der Waals surface area contributed by atoms with Crippen LogP contribution in [0.4, 0.5) is 10.5 Å². The minimum absolute atomic E-state index is 0. The molecule has 1 atom stereocenters. The number of nitrogens with zero attached hydrogens (tertiary/aromatic N) is 2. The van der Waals surface area contributed by atoms with Gasteiger partial charge in [0.15, 0.2) is 0 Å². The number of aryl methyl sites for hydroxylation is 2. The van der Waals surface area contributed by atoms with E-state index in [0.717, 1.165) is 71.3 Å². The predicted molar refractivity (Wildman–Crippen MR) is 173 cm³/mol. The van der Waals surface area contributed by atoms with E-state index < -0.39 is 0 Å². The average molecular weight is 632 g/mol. The first-order valence-corrected chi connectivity index (χ1v) is 14.5. The van der Waals surface area contributed by atoms with Crippen molar-refractivity contribution < 1.29 is 19.1 Å². The Kier molecular flexibility index (Phi) is 12.0. The number of anilines is 1. The van der Waals surface area contributed by atoms with Gasteiger partial charge >= 0.3 is 0 Å². The lowest BCUT2D eigenvalue weighted by Gasteiger charge is -2.10. The Morgan fingerprint density at radius 2 is 1.69 bits per heavy atom. The first-order valence-electron chi connectivity index (χ1n) is 13.6. The summed E-state index contributed by atoms with van der Waals surface area (Å²) in [6, 6.07) is 19.8. The minimum atomic E-state index is -0.381. The summed E-state index contributed by atoms with van der Waals surface area (Å²) in [6.45, 7) is 3.06. The molecule has 1 aliphatic rings. The Balaban J connectivity index is 0.00000242. The molecule has 0 aliphatic carbocycles. The number of rotatable bonds is 12. The molecule has 1 saturated heterocycles. The number of hydrogen-bond acceptors (Lipinski definition) is 7. The third-order valence-corrected chi connectivity index (χ3v) is 8.08. The van der Waals surface area contributed by atoms with Crippen molar-refractivity contribution in [2.75, 3.05) is 12.3 Å². The molecular formula is C31H36Cl2N4O4S. The van der Waals surface area contributed by atoms with Gasteiger partial charge < -0.3 is 19.8 Å². The number of nitrogens with one attached hydrogen (secondary N) is 1. The predicted octanol–water partition coefficient (Wildman–Crippen LogP) is 6.44. The number of benzene rings is 3. The number of aromatic nitrogens is 2. The standard InChI is InChI=1S/C31H34N4O4S.2ClH/c1-3-4-5-22-9-6-21(16-25(22)32)14-15-38-24-12-13-26-27(18-24)35(2)29(33-26)19-39-23-10-7-20(8-11-23)17-28-30(36)34-31(37)40-28;;/h6-13,16,18,28H,3-5,14-15,17,19,32H2,1-2H3,(H,34,36,37);2*1H. The maximum atomic E-state index is 11.8. The Morgan fingerprint density at radius 1 is 0.952 bits per heavy atom. The van der Waals surface area contributed by atoms with Crippen LogP contribution in [-0.4, -0.2) is 32.6 Å². The van der Waals surface area contributed by atoms with E-state index in [2.05, 4.69) is 30.4 Å². The summed E-state index contributed by atoms with van der Waals surface area (Å²) in [5, 5.41) is 1.65. The molecule has 0 saturated carbocycles. The highest BCUT2D eigenvalue weighted by atomic mass is 35.5. The number of fused-ring (bicyclic) bond motifs is 1. The molecule has 224 valence electrons. The number of carbonyl (C=O) groups is 2. The summed E-state index contributed by atoms with van der Waals surface area (Å²) >= 11 is 1.04. The molecule has 4 aromatic rings. The van der Waals surface area contributed by atoms with Gasteiger partial charge in [0, 0.05) is 25.2 Å². The fourth-order valence-electron chi connectivity index (χ4n) is 4.73. The van der Waals surface area contributed by atoms with Crippen molar-refractivity contribution in [3.63, 3.8) is 0 Å². The highest BCUT2D eigenvalue weighted by molar-refractivity contribution is 8.15. The summed E-state index contributed by atoms with van der Waals surface area (Å²) in [6.07, 6.45) is 4.61. The monoisotopic (exact) mass is 630 g/mol. The number of nitrogens with two attached hydrogens (primary N) is 1. The number of amides is 2. The zero-order valence-corrected chi connectivity index (χ0v) is 26.1. The van der Waals surface area contributed by atoms with Crippen LogP contribution in [0.5, 0.6) is 11.5 Å². The van der Waals surface area contributed by atoms with E-state index in [0.29, 0.717) is 25.4 Å². The van der Waals surface area contributed by atoms with Crippen LogP contribution in [0.3, 0.4) is 0 Å². The van der Waals surface area contributed by atoms with Crippen molar-refractivity contribution in [1.29, 1.82) is 0 Å². The molecule has 2 heterocycles. The van der Waals surface area contributed by atoms with Crippen molar-refractivity contribution in [3.05, 3.63) is 83.2 Å². The van der Waals surface area contributed by atoms with Crippen LogP contribution in [0.2, 0.25) is 0 Å².